The molecule has 3 aromatic rings. The fraction of sp³-hybridized carbons (Fsp3) is 0.500. The lowest BCUT2D eigenvalue weighted by Crippen LogP contribution is -2.54. The Morgan fingerprint density at radius 2 is 1.94 bits per heavy atom. The molecular weight excluding hydrogens is 443 g/mol. The van der Waals surface area contributed by atoms with Gasteiger partial charge in [0.15, 0.2) is 0 Å². The summed E-state index contributed by atoms with van der Waals surface area (Å²) in [7, 11) is 1.75. The van der Waals surface area contributed by atoms with E-state index in [4.69, 9.17) is 0 Å². The van der Waals surface area contributed by atoms with Crippen LogP contribution in [-0.2, 0) is 0 Å². The van der Waals surface area contributed by atoms with Gasteiger partial charge in [-0.05, 0) is 75.3 Å². The third-order valence-electron chi connectivity index (χ3n) is 8.08. The van der Waals surface area contributed by atoms with Gasteiger partial charge in [-0.2, -0.15) is 0 Å². The number of hydrogen-bond donors (Lipinski definition) is 1. The molecule has 1 aromatic carbocycles. The van der Waals surface area contributed by atoms with E-state index < -0.39 is 5.82 Å². The van der Waals surface area contributed by atoms with Crippen molar-refractivity contribution in [1.82, 2.24) is 19.4 Å². The van der Waals surface area contributed by atoms with Gasteiger partial charge in [0.25, 0.3) is 5.91 Å². The standard InChI is InChI=1S/C28H35FN4O2/c1-18(2)31(3)28(35)24-12-21(29)6-9-26(24)33-16-25(23-10-11-30-13-27(23)33)20-4-7-22(8-5-20)32-14-19(15-32)17-34/h6,9-13,16,18-20,22,34H,4-5,7-8,14-15,17H2,1-3H3/t20-,22-. The molecule has 2 aromatic heterocycles. The van der Waals surface area contributed by atoms with Crippen LogP contribution in [0.25, 0.3) is 16.6 Å². The molecule has 2 aliphatic rings. The molecule has 35 heavy (non-hydrogen) atoms. The second-order valence-electron chi connectivity index (χ2n) is 10.5. The van der Waals surface area contributed by atoms with Gasteiger partial charge in [-0.25, -0.2) is 4.39 Å². The summed E-state index contributed by atoms with van der Waals surface area (Å²) in [5.74, 6) is 0.264. The summed E-state index contributed by atoms with van der Waals surface area (Å²) in [6.45, 7) is 6.22. The van der Waals surface area contributed by atoms with Crippen LogP contribution in [0.5, 0.6) is 0 Å². The van der Waals surface area contributed by atoms with Gasteiger partial charge >= 0.3 is 0 Å². The Kier molecular flexibility index (Phi) is 6.64. The van der Waals surface area contributed by atoms with Crippen molar-refractivity contribution in [3.8, 4) is 5.69 Å². The maximum atomic E-state index is 14.3. The van der Waals surface area contributed by atoms with Crippen LogP contribution in [0, 0.1) is 11.7 Å². The largest absolute Gasteiger partial charge is 0.396 e. The highest BCUT2D eigenvalue weighted by molar-refractivity contribution is 5.99. The molecule has 0 spiro atoms. The van der Waals surface area contributed by atoms with E-state index in [0.29, 0.717) is 35.7 Å². The molecule has 0 radical (unpaired) electrons. The third kappa shape index (κ3) is 4.47. The molecule has 0 atom stereocenters. The van der Waals surface area contributed by atoms with Crippen molar-refractivity contribution in [3.63, 3.8) is 0 Å². The number of carbonyl (C=O) groups excluding carboxylic acids is 1. The first-order chi connectivity index (χ1) is 16.9. The van der Waals surface area contributed by atoms with Gasteiger partial charge in [0, 0.05) is 62.5 Å². The van der Waals surface area contributed by atoms with Gasteiger partial charge in [-0.1, -0.05) is 0 Å². The number of aliphatic hydroxyl groups excluding tert-OH is 1. The Bertz CT molecular complexity index is 1210. The Morgan fingerprint density at radius 3 is 2.63 bits per heavy atom. The number of nitrogens with zero attached hydrogens (tertiary/aromatic N) is 4. The quantitative estimate of drug-likeness (QED) is 0.563. The average Bonchev–Trinajstić information content (AvgIpc) is 3.22. The minimum Gasteiger partial charge on any atom is -0.396 e. The molecule has 6 nitrogen and oxygen atoms in total. The second-order valence-corrected chi connectivity index (χ2v) is 10.5. The van der Waals surface area contributed by atoms with E-state index in [0.717, 1.165) is 49.7 Å². The summed E-state index contributed by atoms with van der Waals surface area (Å²) in [6.07, 6.45) is 10.3. The Hall–Kier alpha value is -2.77. The van der Waals surface area contributed by atoms with Crippen molar-refractivity contribution in [1.29, 1.82) is 0 Å². The number of benzene rings is 1. The van der Waals surface area contributed by atoms with Crippen LogP contribution in [0.4, 0.5) is 4.39 Å². The lowest BCUT2D eigenvalue weighted by Gasteiger charge is -2.46. The summed E-state index contributed by atoms with van der Waals surface area (Å²) >= 11 is 0. The van der Waals surface area contributed by atoms with Crippen LogP contribution in [0.1, 0.15) is 61.4 Å². The number of rotatable bonds is 6. The molecule has 1 saturated heterocycles. The maximum absolute atomic E-state index is 14.3. The minimum atomic E-state index is -0.420. The zero-order valence-electron chi connectivity index (χ0n) is 20.8. The monoisotopic (exact) mass is 478 g/mol. The molecule has 0 bridgehead atoms. The van der Waals surface area contributed by atoms with Crippen molar-refractivity contribution in [2.24, 2.45) is 5.92 Å². The van der Waals surface area contributed by atoms with E-state index in [1.54, 1.807) is 18.0 Å². The number of pyridine rings is 1. The molecule has 2 fully saturated rings. The first-order valence-corrected chi connectivity index (χ1v) is 12.7. The summed E-state index contributed by atoms with van der Waals surface area (Å²) < 4.78 is 16.3. The summed E-state index contributed by atoms with van der Waals surface area (Å²) in [5, 5.41) is 10.5. The zero-order valence-corrected chi connectivity index (χ0v) is 20.8. The van der Waals surface area contributed by atoms with E-state index >= 15 is 0 Å². The highest BCUT2D eigenvalue weighted by atomic mass is 19.1. The van der Waals surface area contributed by atoms with E-state index in [1.807, 2.05) is 30.8 Å². The number of aliphatic hydroxyl groups is 1. The molecule has 186 valence electrons. The highest BCUT2D eigenvalue weighted by Gasteiger charge is 2.35. The van der Waals surface area contributed by atoms with Gasteiger partial charge < -0.3 is 14.6 Å². The van der Waals surface area contributed by atoms with Gasteiger partial charge in [-0.3, -0.25) is 14.7 Å². The number of amides is 1. The SMILES string of the molecule is CC(C)N(C)C(=O)c1cc(F)ccc1-n1cc([C@H]2CC[C@H](N3CC(CO)C3)CC2)c2ccncc21. The average molecular weight is 479 g/mol. The van der Waals surface area contributed by atoms with Crippen LogP contribution in [-0.4, -0.2) is 69.2 Å². The maximum Gasteiger partial charge on any atom is 0.256 e. The van der Waals surface area contributed by atoms with E-state index in [2.05, 4.69) is 22.1 Å². The number of likely N-dealkylation sites (tertiary alicyclic amines) is 1. The van der Waals surface area contributed by atoms with Crippen molar-refractivity contribution < 1.29 is 14.3 Å². The number of carbonyl (C=O) groups is 1. The van der Waals surface area contributed by atoms with E-state index in [-0.39, 0.29) is 11.9 Å². The molecular formula is C28H35FN4O2. The fourth-order valence-corrected chi connectivity index (χ4v) is 5.71. The molecule has 5 rings (SSSR count). The second kappa shape index (κ2) is 9.70. The highest BCUT2D eigenvalue weighted by Crippen LogP contribution is 2.40. The van der Waals surface area contributed by atoms with Gasteiger partial charge in [0.05, 0.1) is 23.0 Å². The van der Waals surface area contributed by atoms with Crippen LogP contribution in [0.2, 0.25) is 0 Å². The lowest BCUT2D eigenvalue weighted by atomic mass is 9.80. The Morgan fingerprint density at radius 1 is 1.20 bits per heavy atom. The third-order valence-corrected chi connectivity index (χ3v) is 8.08. The van der Waals surface area contributed by atoms with E-state index in [1.165, 1.54) is 17.7 Å². The Labute approximate surface area is 206 Å². The number of hydrogen-bond acceptors (Lipinski definition) is 4. The van der Waals surface area contributed by atoms with Crippen molar-refractivity contribution in [2.75, 3.05) is 26.7 Å². The number of halogens is 1. The molecule has 0 unspecified atom stereocenters. The van der Waals surface area contributed by atoms with Crippen LogP contribution in [0.15, 0.2) is 42.9 Å². The topological polar surface area (TPSA) is 61.6 Å². The van der Waals surface area contributed by atoms with Crippen LogP contribution >= 0.6 is 0 Å². The molecule has 3 heterocycles. The van der Waals surface area contributed by atoms with Gasteiger partial charge in [0.2, 0.25) is 0 Å². The number of aromatic nitrogens is 2. The normalized spacial score (nSPS) is 21.4. The minimum absolute atomic E-state index is 0.00602. The van der Waals surface area contributed by atoms with Crippen LogP contribution in [0.3, 0.4) is 0 Å². The summed E-state index contributed by atoms with van der Waals surface area (Å²) in [6, 6.07) is 7.13. The first-order valence-electron chi connectivity index (χ1n) is 12.7. The van der Waals surface area contributed by atoms with Gasteiger partial charge in [0.1, 0.15) is 5.82 Å². The molecule has 1 aliphatic carbocycles. The van der Waals surface area contributed by atoms with E-state index in [9.17, 15) is 14.3 Å². The van der Waals surface area contributed by atoms with Crippen molar-refractivity contribution in [2.45, 2.75) is 57.5 Å². The predicted molar refractivity (Wildman–Crippen MR) is 135 cm³/mol. The molecule has 7 heteroatoms. The zero-order chi connectivity index (χ0) is 24.7. The van der Waals surface area contributed by atoms with Gasteiger partial charge in [-0.15, -0.1) is 0 Å². The molecule has 1 aliphatic heterocycles. The first kappa shape index (κ1) is 23.9. The smallest absolute Gasteiger partial charge is 0.256 e. The molecule has 1 N–H and O–H groups in total. The van der Waals surface area contributed by atoms with Crippen molar-refractivity contribution in [3.05, 3.63) is 59.8 Å². The van der Waals surface area contributed by atoms with Crippen molar-refractivity contribution >= 4 is 16.8 Å². The fourth-order valence-electron chi connectivity index (χ4n) is 5.71. The lowest BCUT2D eigenvalue weighted by molar-refractivity contribution is 0.00548. The van der Waals surface area contributed by atoms with Crippen LogP contribution < -0.4 is 0 Å². The molecule has 1 saturated carbocycles. The summed E-state index contributed by atoms with van der Waals surface area (Å²) in [5.41, 5.74) is 3.24. The molecule has 1 amide bonds. The Balaban J connectivity index is 1.47. The number of fused-ring (bicyclic) bond motifs is 1. The predicted octanol–water partition coefficient (Wildman–Crippen LogP) is 4.60. The summed E-state index contributed by atoms with van der Waals surface area (Å²) in [4.78, 5) is 21.8.